The molecule has 0 saturated carbocycles. The average molecular weight is 282 g/mol. The van der Waals surface area contributed by atoms with Gasteiger partial charge in [-0.3, -0.25) is 4.79 Å². The van der Waals surface area contributed by atoms with Crippen LogP contribution in [0.5, 0.6) is 0 Å². The molecule has 0 heterocycles. The van der Waals surface area contributed by atoms with Crippen LogP contribution in [0.1, 0.15) is 41.3 Å². The first-order valence-corrected chi connectivity index (χ1v) is 7.20. The summed E-state index contributed by atoms with van der Waals surface area (Å²) in [7, 11) is 1.78. The van der Waals surface area contributed by atoms with E-state index in [0.29, 0.717) is 18.0 Å². The molecule has 0 aromatic heterocycles. The molecule has 0 aliphatic heterocycles. The standard InChI is InChI=1S/C18H22N2O/c1-13(2)14-8-10-15(11-9-14)18(21)20(3)17-7-5-4-6-16(17)12-19/h4-11,13H,12,19H2,1-3H3. The molecular formula is C18H22N2O. The monoisotopic (exact) mass is 282 g/mol. The molecule has 0 fully saturated rings. The molecule has 2 aromatic rings. The Kier molecular flexibility index (Phi) is 4.76. The van der Waals surface area contributed by atoms with Crippen LogP contribution in [0.2, 0.25) is 0 Å². The lowest BCUT2D eigenvalue weighted by atomic mass is 10.0. The van der Waals surface area contributed by atoms with Gasteiger partial charge < -0.3 is 10.6 Å². The highest BCUT2D eigenvalue weighted by molar-refractivity contribution is 6.06. The molecule has 110 valence electrons. The maximum absolute atomic E-state index is 12.6. The van der Waals surface area contributed by atoms with Gasteiger partial charge in [-0.2, -0.15) is 0 Å². The van der Waals surface area contributed by atoms with Crippen LogP contribution in [0.15, 0.2) is 48.5 Å². The highest BCUT2D eigenvalue weighted by Gasteiger charge is 2.15. The van der Waals surface area contributed by atoms with E-state index >= 15 is 0 Å². The quantitative estimate of drug-likeness (QED) is 0.932. The molecule has 3 nitrogen and oxygen atoms in total. The maximum atomic E-state index is 12.6. The second-order valence-electron chi connectivity index (χ2n) is 5.47. The van der Waals surface area contributed by atoms with E-state index in [1.54, 1.807) is 11.9 Å². The van der Waals surface area contributed by atoms with Crippen molar-refractivity contribution in [1.82, 2.24) is 0 Å². The lowest BCUT2D eigenvalue weighted by Gasteiger charge is -2.20. The molecule has 0 spiro atoms. The van der Waals surface area contributed by atoms with Gasteiger partial charge in [0.05, 0.1) is 0 Å². The molecule has 21 heavy (non-hydrogen) atoms. The normalized spacial score (nSPS) is 10.7. The Morgan fingerprint density at radius 1 is 1.10 bits per heavy atom. The first kappa shape index (κ1) is 15.3. The third kappa shape index (κ3) is 3.31. The van der Waals surface area contributed by atoms with Gasteiger partial charge in [0.25, 0.3) is 5.91 Å². The molecule has 0 bridgehead atoms. The van der Waals surface area contributed by atoms with E-state index in [0.717, 1.165) is 11.3 Å². The second kappa shape index (κ2) is 6.55. The van der Waals surface area contributed by atoms with E-state index in [9.17, 15) is 4.79 Å². The van der Waals surface area contributed by atoms with Crippen molar-refractivity contribution >= 4 is 11.6 Å². The third-order valence-electron chi connectivity index (χ3n) is 3.70. The summed E-state index contributed by atoms with van der Waals surface area (Å²) in [5.41, 5.74) is 9.49. The van der Waals surface area contributed by atoms with Crippen molar-refractivity contribution in [3.05, 3.63) is 65.2 Å². The van der Waals surface area contributed by atoms with Gasteiger partial charge >= 0.3 is 0 Å². The Bertz CT molecular complexity index is 617. The molecule has 2 rings (SSSR count). The summed E-state index contributed by atoms with van der Waals surface area (Å²) in [6.45, 7) is 4.70. The van der Waals surface area contributed by atoms with Gasteiger partial charge in [0, 0.05) is 24.8 Å². The predicted octanol–water partition coefficient (Wildman–Crippen LogP) is 3.55. The fourth-order valence-electron chi connectivity index (χ4n) is 2.32. The average Bonchev–Trinajstić information content (AvgIpc) is 2.53. The lowest BCUT2D eigenvalue weighted by Crippen LogP contribution is -2.27. The Hall–Kier alpha value is -2.13. The lowest BCUT2D eigenvalue weighted by molar-refractivity contribution is 0.0993. The molecule has 0 saturated heterocycles. The van der Waals surface area contributed by atoms with Gasteiger partial charge in [-0.15, -0.1) is 0 Å². The number of hydrogen-bond donors (Lipinski definition) is 1. The van der Waals surface area contributed by atoms with E-state index < -0.39 is 0 Å². The Balaban J connectivity index is 2.26. The van der Waals surface area contributed by atoms with Crippen LogP contribution in [0.25, 0.3) is 0 Å². The van der Waals surface area contributed by atoms with Crippen LogP contribution >= 0.6 is 0 Å². The summed E-state index contributed by atoms with van der Waals surface area (Å²) in [6, 6.07) is 15.5. The molecule has 0 atom stereocenters. The number of carbonyl (C=O) groups excluding carboxylic acids is 1. The number of nitrogens with two attached hydrogens (primary N) is 1. The Morgan fingerprint density at radius 2 is 1.71 bits per heavy atom. The van der Waals surface area contributed by atoms with Crippen molar-refractivity contribution in [3.8, 4) is 0 Å². The van der Waals surface area contributed by atoms with E-state index in [2.05, 4.69) is 13.8 Å². The van der Waals surface area contributed by atoms with Crippen LogP contribution < -0.4 is 10.6 Å². The number of para-hydroxylation sites is 1. The minimum Gasteiger partial charge on any atom is -0.326 e. The van der Waals surface area contributed by atoms with Crippen LogP contribution in [-0.2, 0) is 6.54 Å². The number of hydrogen-bond acceptors (Lipinski definition) is 2. The van der Waals surface area contributed by atoms with Gasteiger partial charge in [-0.1, -0.05) is 44.2 Å². The van der Waals surface area contributed by atoms with Crippen LogP contribution in [0, 0.1) is 0 Å². The predicted molar refractivity (Wildman–Crippen MR) is 87.6 cm³/mol. The van der Waals surface area contributed by atoms with Crippen molar-refractivity contribution in [2.45, 2.75) is 26.3 Å². The van der Waals surface area contributed by atoms with E-state index in [1.807, 2.05) is 48.5 Å². The molecule has 0 aliphatic rings. The maximum Gasteiger partial charge on any atom is 0.258 e. The van der Waals surface area contributed by atoms with Gasteiger partial charge in [0.15, 0.2) is 0 Å². The largest absolute Gasteiger partial charge is 0.326 e. The second-order valence-corrected chi connectivity index (χ2v) is 5.47. The molecule has 2 N–H and O–H groups in total. The SMILES string of the molecule is CC(C)c1ccc(C(=O)N(C)c2ccccc2CN)cc1. The Morgan fingerprint density at radius 3 is 2.29 bits per heavy atom. The highest BCUT2D eigenvalue weighted by atomic mass is 16.2. The van der Waals surface area contributed by atoms with E-state index in [4.69, 9.17) is 5.73 Å². The summed E-state index contributed by atoms with van der Waals surface area (Å²) >= 11 is 0. The van der Waals surface area contributed by atoms with Crippen molar-refractivity contribution < 1.29 is 4.79 Å². The number of nitrogens with zero attached hydrogens (tertiary/aromatic N) is 1. The molecule has 1 amide bonds. The van der Waals surface area contributed by atoms with E-state index in [1.165, 1.54) is 5.56 Å². The molecule has 0 aliphatic carbocycles. The van der Waals surface area contributed by atoms with Crippen molar-refractivity contribution in [1.29, 1.82) is 0 Å². The summed E-state index contributed by atoms with van der Waals surface area (Å²) in [5, 5.41) is 0. The number of amides is 1. The first-order valence-electron chi connectivity index (χ1n) is 7.20. The minimum atomic E-state index is -0.0220. The number of carbonyl (C=O) groups is 1. The number of rotatable bonds is 4. The van der Waals surface area contributed by atoms with Crippen LogP contribution in [-0.4, -0.2) is 13.0 Å². The molecular weight excluding hydrogens is 260 g/mol. The molecule has 3 heteroatoms. The van der Waals surface area contributed by atoms with Gasteiger partial charge in [0.1, 0.15) is 0 Å². The van der Waals surface area contributed by atoms with E-state index in [-0.39, 0.29) is 5.91 Å². The summed E-state index contributed by atoms with van der Waals surface area (Å²) in [5.74, 6) is 0.441. The fraction of sp³-hybridized carbons (Fsp3) is 0.278. The van der Waals surface area contributed by atoms with Gasteiger partial charge in [-0.25, -0.2) is 0 Å². The Labute approximate surface area is 126 Å². The summed E-state index contributed by atoms with van der Waals surface area (Å²) < 4.78 is 0. The highest BCUT2D eigenvalue weighted by Crippen LogP contribution is 2.21. The summed E-state index contributed by atoms with van der Waals surface area (Å²) in [4.78, 5) is 14.2. The van der Waals surface area contributed by atoms with Crippen molar-refractivity contribution in [2.24, 2.45) is 5.73 Å². The minimum absolute atomic E-state index is 0.0220. The smallest absolute Gasteiger partial charge is 0.258 e. The third-order valence-corrected chi connectivity index (χ3v) is 3.70. The topological polar surface area (TPSA) is 46.3 Å². The van der Waals surface area contributed by atoms with Crippen molar-refractivity contribution in [3.63, 3.8) is 0 Å². The summed E-state index contributed by atoms with van der Waals surface area (Å²) in [6.07, 6.45) is 0. The number of benzene rings is 2. The van der Waals surface area contributed by atoms with Gasteiger partial charge in [0.2, 0.25) is 0 Å². The van der Waals surface area contributed by atoms with Gasteiger partial charge in [-0.05, 0) is 35.2 Å². The molecule has 0 radical (unpaired) electrons. The zero-order valence-corrected chi connectivity index (χ0v) is 12.8. The zero-order valence-electron chi connectivity index (χ0n) is 12.8. The van der Waals surface area contributed by atoms with Crippen LogP contribution in [0.3, 0.4) is 0 Å². The zero-order chi connectivity index (χ0) is 15.4. The number of anilines is 1. The van der Waals surface area contributed by atoms with Crippen LogP contribution in [0.4, 0.5) is 5.69 Å². The fourth-order valence-corrected chi connectivity index (χ4v) is 2.32. The molecule has 0 unspecified atom stereocenters. The molecule has 2 aromatic carbocycles. The van der Waals surface area contributed by atoms with Crippen molar-refractivity contribution in [2.75, 3.05) is 11.9 Å². The first-order chi connectivity index (χ1) is 10.0.